The maximum Gasteiger partial charge on any atom is 0.170 e. The number of hydrogen-bond acceptors (Lipinski definition) is 3. The Labute approximate surface area is 113 Å². The predicted molar refractivity (Wildman–Crippen MR) is 70.3 cm³/mol. The van der Waals surface area contributed by atoms with Crippen LogP contribution in [0.1, 0.15) is 31.4 Å². The van der Waals surface area contributed by atoms with Crippen LogP contribution in [0.15, 0.2) is 24.3 Å². The zero-order valence-corrected chi connectivity index (χ0v) is 11.3. The van der Waals surface area contributed by atoms with E-state index in [9.17, 15) is 4.39 Å². The zero-order valence-electron chi connectivity index (χ0n) is 11.3. The summed E-state index contributed by atoms with van der Waals surface area (Å²) in [7, 11) is 0. The van der Waals surface area contributed by atoms with Crippen LogP contribution < -0.4 is 0 Å². The molecule has 2 aliphatic heterocycles. The van der Waals surface area contributed by atoms with Gasteiger partial charge in [-0.3, -0.25) is 4.90 Å². The van der Waals surface area contributed by atoms with Crippen LogP contribution in [-0.4, -0.2) is 37.0 Å². The Morgan fingerprint density at radius 3 is 2.53 bits per heavy atom. The molecule has 0 N–H and O–H groups in total. The number of rotatable bonds is 2. The molecule has 0 bridgehead atoms. The van der Waals surface area contributed by atoms with E-state index in [1.807, 2.05) is 6.07 Å². The number of halogens is 1. The van der Waals surface area contributed by atoms with Gasteiger partial charge in [-0.1, -0.05) is 12.1 Å². The summed E-state index contributed by atoms with van der Waals surface area (Å²) in [5.41, 5.74) is 1.03. The van der Waals surface area contributed by atoms with Gasteiger partial charge in [-0.25, -0.2) is 4.39 Å². The molecular weight excluding hydrogens is 245 g/mol. The Morgan fingerprint density at radius 2 is 1.89 bits per heavy atom. The lowest BCUT2D eigenvalue weighted by atomic mass is 9.99. The highest BCUT2D eigenvalue weighted by Gasteiger charge is 2.40. The minimum absolute atomic E-state index is 0.166. The highest BCUT2D eigenvalue weighted by atomic mass is 19.1. The molecule has 2 aliphatic rings. The van der Waals surface area contributed by atoms with E-state index in [0.29, 0.717) is 13.2 Å². The van der Waals surface area contributed by atoms with Crippen LogP contribution in [0.3, 0.4) is 0 Å². The topological polar surface area (TPSA) is 21.7 Å². The van der Waals surface area contributed by atoms with Crippen LogP contribution in [-0.2, 0) is 9.47 Å². The Kier molecular flexibility index (Phi) is 3.56. The van der Waals surface area contributed by atoms with E-state index in [-0.39, 0.29) is 17.6 Å². The van der Waals surface area contributed by atoms with Gasteiger partial charge < -0.3 is 9.47 Å². The summed E-state index contributed by atoms with van der Waals surface area (Å²) in [6.07, 6.45) is 1.79. The first kappa shape index (κ1) is 13.0. The molecule has 1 spiro atoms. The van der Waals surface area contributed by atoms with Crippen LogP contribution >= 0.6 is 0 Å². The van der Waals surface area contributed by atoms with Crippen molar-refractivity contribution in [1.29, 1.82) is 0 Å². The monoisotopic (exact) mass is 265 g/mol. The normalized spacial score (nSPS) is 24.7. The van der Waals surface area contributed by atoms with Crippen molar-refractivity contribution in [2.24, 2.45) is 0 Å². The third-order valence-electron chi connectivity index (χ3n) is 4.25. The number of likely N-dealkylation sites (tertiary alicyclic amines) is 1. The maximum atomic E-state index is 13.3. The summed E-state index contributed by atoms with van der Waals surface area (Å²) in [5, 5.41) is 0. The molecule has 2 fully saturated rings. The molecule has 104 valence electrons. The molecule has 0 saturated carbocycles. The molecule has 2 saturated heterocycles. The van der Waals surface area contributed by atoms with Gasteiger partial charge in [-0.2, -0.15) is 0 Å². The maximum absolute atomic E-state index is 13.3. The van der Waals surface area contributed by atoms with Crippen molar-refractivity contribution in [3.8, 4) is 0 Å². The average Bonchev–Trinajstić information content (AvgIpc) is 2.87. The minimum Gasteiger partial charge on any atom is -0.347 e. The summed E-state index contributed by atoms with van der Waals surface area (Å²) >= 11 is 0. The lowest BCUT2D eigenvalue weighted by molar-refractivity contribution is -0.187. The van der Waals surface area contributed by atoms with E-state index in [0.717, 1.165) is 31.5 Å². The van der Waals surface area contributed by atoms with Crippen molar-refractivity contribution < 1.29 is 13.9 Å². The first-order chi connectivity index (χ1) is 9.19. The standard InChI is InChI=1S/C15H20FNO2/c1-12(13-3-2-4-14(16)11-13)17-7-5-15(6-8-17)18-9-10-19-15/h2-4,11-12H,5-10H2,1H3. The number of hydrogen-bond donors (Lipinski definition) is 0. The quantitative estimate of drug-likeness (QED) is 0.820. The van der Waals surface area contributed by atoms with Crippen molar-refractivity contribution in [3.05, 3.63) is 35.6 Å². The second-order valence-electron chi connectivity index (χ2n) is 5.37. The second-order valence-corrected chi connectivity index (χ2v) is 5.37. The van der Waals surface area contributed by atoms with Gasteiger partial charge in [-0.15, -0.1) is 0 Å². The first-order valence-electron chi connectivity index (χ1n) is 6.96. The Hall–Kier alpha value is -0.970. The molecule has 0 radical (unpaired) electrons. The molecule has 3 rings (SSSR count). The van der Waals surface area contributed by atoms with Gasteiger partial charge >= 0.3 is 0 Å². The molecule has 1 aromatic carbocycles. The third-order valence-corrected chi connectivity index (χ3v) is 4.25. The van der Waals surface area contributed by atoms with Gasteiger partial charge in [0.2, 0.25) is 0 Å². The van der Waals surface area contributed by atoms with E-state index >= 15 is 0 Å². The summed E-state index contributed by atoms with van der Waals surface area (Å²) in [6, 6.07) is 7.10. The first-order valence-corrected chi connectivity index (χ1v) is 6.96. The minimum atomic E-state index is -0.335. The fourth-order valence-corrected chi connectivity index (χ4v) is 3.01. The van der Waals surface area contributed by atoms with Crippen molar-refractivity contribution in [3.63, 3.8) is 0 Å². The second kappa shape index (κ2) is 5.19. The Morgan fingerprint density at radius 1 is 1.21 bits per heavy atom. The van der Waals surface area contributed by atoms with Crippen molar-refractivity contribution in [2.45, 2.75) is 31.6 Å². The molecule has 0 aromatic heterocycles. The molecule has 0 amide bonds. The predicted octanol–water partition coefficient (Wildman–Crippen LogP) is 2.73. The average molecular weight is 265 g/mol. The van der Waals surface area contributed by atoms with Crippen LogP contribution in [0.5, 0.6) is 0 Å². The summed E-state index contributed by atoms with van der Waals surface area (Å²) < 4.78 is 24.7. The van der Waals surface area contributed by atoms with Crippen LogP contribution in [0.4, 0.5) is 4.39 Å². The number of piperidine rings is 1. The van der Waals surface area contributed by atoms with Crippen molar-refractivity contribution >= 4 is 0 Å². The lowest BCUT2D eigenvalue weighted by Crippen LogP contribution is -2.45. The molecule has 1 aromatic rings. The number of nitrogens with zero attached hydrogens (tertiary/aromatic N) is 1. The molecule has 2 heterocycles. The largest absolute Gasteiger partial charge is 0.347 e. The van der Waals surface area contributed by atoms with Gasteiger partial charge in [0, 0.05) is 32.0 Å². The molecular formula is C15H20FNO2. The highest BCUT2D eigenvalue weighted by Crippen LogP contribution is 2.34. The summed E-state index contributed by atoms with van der Waals surface area (Å²) in [6.45, 7) is 5.40. The van der Waals surface area contributed by atoms with Gasteiger partial charge in [0.05, 0.1) is 13.2 Å². The van der Waals surface area contributed by atoms with Crippen molar-refractivity contribution in [2.75, 3.05) is 26.3 Å². The fraction of sp³-hybridized carbons (Fsp3) is 0.600. The SMILES string of the molecule is CC(c1cccc(F)c1)N1CCC2(CC1)OCCO2. The highest BCUT2D eigenvalue weighted by molar-refractivity contribution is 5.19. The van der Waals surface area contributed by atoms with Gasteiger partial charge in [0.25, 0.3) is 0 Å². The van der Waals surface area contributed by atoms with E-state index in [2.05, 4.69) is 11.8 Å². The van der Waals surface area contributed by atoms with Gasteiger partial charge in [0.15, 0.2) is 5.79 Å². The fourth-order valence-electron chi connectivity index (χ4n) is 3.01. The van der Waals surface area contributed by atoms with E-state index in [4.69, 9.17) is 9.47 Å². The molecule has 4 heteroatoms. The zero-order chi connectivity index (χ0) is 13.3. The third kappa shape index (κ3) is 2.66. The smallest absolute Gasteiger partial charge is 0.170 e. The number of benzene rings is 1. The molecule has 0 aliphatic carbocycles. The summed E-state index contributed by atoms with van der Waals surface area (Å²) in [4.78, 5) is 2.37. The molecule has 1 unspecified atom stereocenters. The van der Waals surface area contributed by atoms with E-state index in [1.54, 1.807) is 12.1 Å². The molecule has 3 nitrogen and oxygen atoms in total. The number of ether oxygens (including phenoxy) is 2. The Balaban J connectivity index is 1.64. The van der Waals surface area contributed by atoms with E-state index in [1.165, 1.54) is 6.07 Å². The van der Waals surface area contributed by atoms with Crippen LogP contribution in [0, 0.1) is 5.82 Å². The van der Waals surface area contributed by atoms with Gasteiger partial charge in [-0.05, 0) is 24.6 Å². The summed E-state index contributed by atoms with van der Waals surface area (Å²) in [5.74, 6) is -0.502. The molecule has 1 atom stereocenters. The lowest BCUT2D eigenvalue weighted by Gasteiger charge is -2.40. The molecule has 19 heavy (non-hydrogen) atoms. The van der Waals surface area contributed by atoms with Crippen LogP contribution in [0.2, 0.25) is 0 Å². The Bertz CT molecular complexity index is 436. The van der Waals surface area contributed by atoms with Crippen molar-refractivity contribution in [1.82, 2.24) is 4.90 Å². The van der Waals surface area contributed by atoms with Gasteiger partial charge in [0.1, 0.15) is 5.82 Å². The van der Waals surface area contributed by atoms with E-state index < -0.39 is 0 Å². The van der Waals surface area contributed by atoms with Crippen LogP contribution in [0.25, 0.3) is 0 Å².